The van der Waals surface area contributed by atoms with Gasteiger partial charge >= 0.3 is 12.4 Å². The Morgan fingerprint density at radius 1 is 1.03 bits per heavy atom. The number of benzene rings is 4. The Balaban J connectivity index is 1.27. The number of ether oxygens (including phenoxy) is 1. The second-order valence-electron chi connectivity index (χ2n) is 8.61. The van der Waals surface area contributed by atoms with Gasteiger partial charge in [0.05, 0.1) is 23.3 Å². The summed E-state index contributed by atoms with van der Waals surface area (Å²) in [6.07, 6.45) is -3.12. The van der Waals surface area contributed by atoms with E-state index in [0.29, 0.717) is 16.7 Å². The molecule has 0 aliphatic heterocycles. The van der Waals surface area contributed by atoms with E-state index >= 15 is 0 Å². The van der Waals surface area contributed by atoms with E-state index in [0.717, 1.165) is 45.3 Å². The maximum absolute atomic E-state index is 12.4. The molecular weight excluding hydrogens is 529 g/mol. The number of rotatable bonds is 6. The zero-order chi connectivity index (χ0) is 27.6. The Hall–Kier alpha value is -4.58. The standard InChI is InChI=1S/C27H21F3N6O2S/c1-16-4-3-5-17(2)24(16)32-26(37)34-39-31-15-18-6-12-22-19(14-18)7-13-23-25(22)33-35-36(23)20-8-10-21(11-9-20)38-27(28,29)30/h3-15H,1-2H3,(H2,32,34,37)/b31-15+. The lowest BCUT2D eigenvalue weighted by molar-refractivity contribution is -0.274. The lowest BCUT2D eigenvalue weighted by Gasteiger charge is -2.10. The van der Waals surface area contributed by atoms with Gasteiger partial charge in [-0.2, -0.15) is 0 Å². The van der Waals surface area contributed by atoms with Gasteiger partial charge in [-0.3, -0.25) is 4.72 Å². The molecular formula is C27H21F3N6O2S. The fraction of sp³-hybridized carbons (Fsp3) is 0.111. The van der Waals surface area contributed by atoms with Gasteiger partial charge in [0.1, 0.15) is 11.3 Å². The molecule has 0 atom stereocenters. The van der Waals surface area contributed by atoms with Crippen LogP contribution in [0, 0.1) is 13.8 Å². The lowest BCUT2D eigenvalue weighted by Crippen LogP contribution is -2.23. The van der Waals surface area contributed by atoms with Crippen molar-refractivity contribution in [2.24, 2.45) is 4.40 Å². The molecule has 2 N–H and O–H groups in total. The monoisotopic (exact) mass is 550 g/mol. The molecule has 12 heteroatoms. The van der Waals surface area contributed by atoms with Crippen molar-refractivity contribution in [1.82, 2.24) is 19.7 Å². The summed E-state index contributed by atoms with van der Waals surface area (Å²) >= 11 is 0.910. The molecule has 0 aliphatic rings. The van der Waals surface area contributed by atoms with Gasteiger partial charge in [-0.05, 0) is 72.3 Å². The van der Waals surface area contributed by atoms with Crippen LogP contribution in [0.15, 0.2) is 77.2 Å². The van der Waals surface area contributed by atoms with Crippen LogP contribution in [-0.4, -0.2) is 33.6 Å². The molecule has 8 nitrogen and oxygen atoms in total. The van der Waals surface area contributed by atoms with Crippen LogP contribution in [0.4, 0.5) is 23.7 Å². The topological polar surface area (TPSA) is 93.4 Å². The first kappa shape index (κ1) is 26.0. The molecule has 0 radical (unpaired) electrons. The first-order valence-electron chi connectivity index (χ1n) is 11.6. The number of hydrogen-bond acceptors (Lipinski definition) is 6. The van der Waals surface area contributed by atoms with E-state index in [1.165, 1.54) is 24.3 Å². The second kappa shape index (κ2) is 10.7. The molecule has 39 heavy (non-hydrogen) atoms. The Morgan fingerprint density at radius 3 is 2.49 bits per heavy atom. The maximum Gasteiger partial charge on any atom is 0.573 e. The quantitative estimate of drug-likeness (QED) is 0.177. The first-order valence-corrected chi connectivity index (χ1v) is 12.4. The van der Waals surface area contributed by atoms with Gasteiger partial charge in [0, 0.05) is 17.3 Å². The van der Waals surface area contributed by atoms with E-state index in [4.69, 9.17) is 0 Å². The number of anilines is 1. The Labute approximate surface area is 225 Å². The van der Waals surface area contributed by atoms with Crippen molar-refractivity contribution in [3.8, 4) is 11.4 Å². The number of carbonyl (C=O) groups excluding carboxylic acids is 1. The van der Waals surface area contributed by atoms with Crippen LogP contribution in [0.3, 0.4) is 0 Å². The van der Waals surface area contributed by atoms with Crippen LogP contribution in [0.25, 0.3) is 27.5 Å². The number of urea groups is 1. The molecule has 0 saturated carbocycles. The van der Waals surface area contributed by atoms with E-state index in [1.807, 2.05) is 62.4 Å². The normalized spacial score (nSPS) is 11.8. The molecule has 1 aromatic heterocycles. The second-order valence-corrected chi connectivity index (χ2v) is 9.20. The smallest absolute Gasteiger partial charge is 0.406 e. The number of para-hydroxylation sites is 1. The number of nitrogens with zero attached hydrogens (tertiary/aromatic N) is 4. The third-order valence-corrected chi connectivity index (χ3v) is 6.37. The van der Waals surface area contributed by atoms with E-state index in [2.05, 4.69) is 29.5 Å². The van der Waals surface area contributed by atoms with Crippen LogP contribution in [0.5, 0.6) is 5.75 Å². The van der Waals surface area contributed by atoms with Crippen LogP contribution < -0.4 is 14.8 Å². The highest BCUT2D eigenvalue weighted by Crippen LogP contribution is 2.28. The largest absolute Gasteiger partial charge is 0.573 e. The highest BCUT2D eigenvalue weighted by molar-refractivity contribution is 7.96. The van der Waals surface area contributed by atoms with Gasteiger partial charge in [-0.25, -0.2) is 13.9 Å². The molecule has 198 valence electrons. The number of carbonyl (C=O) groups is 1. The third kappa shape index (κ3) is 5.96. The minimum absolute atomic E-state index is 0.314. The molecule has 4 aromatic carbocycles. The van der Waals surface area contributed by atoms with Crippen molar-refractivity contribution in [2.75, 3.05) is 5.32 Å². The number of fused-ring (bicyclic) bond motifs is 3. The third-order valence-electron chi connectivity index (χ3n) is 5.88. The maximum atomic E-state index is 12.4. The number of aromatic nitrogens is 3. The zero-order valence-electron chi connectivity index (χ0n) is 20.7. The van der Waals surface area contributed by atoms with Crippen LogP contribution >= 0.6 is 12.1 Å². The summed E-state index contributed by atoms with van der Waals surface area (Å²) < 4.78 is 49.6. The van der Waals surface area contributed by atoms with E-state index in [9.17, 15) is 18.0 Å². The molecule has 0 spiro atoms. The summed E-state index contributed by atoms with van der Waals surface area (Å²) in [6.45, 7) is 3.85. The number of alkyl halides is 3. The number of nitrogens with one attached hydrogen (secondary N) is 2. The molecule has 0 fully saturated rings. The van der Waals surface area contributed by atoms with Crippen LogP contribution in [0.2, 0.25) is 0 Å². The number of aryl methyl sites for hydroxylation is 2. The Kier molecular flexibility index (Phi) is 7.11. The number of halogens is 3. The first-order chi connectivity index (χ1) is 18.7. The Bertz CT molecular complexity index is 1680. The summed E-state index contributed by atoms with van der Waals surface area (Å²) in [7, 11) is 0. The molecule has 0 bridgehead atoms. The summed E-state index contributed by atoms with van der Waals surface area (Å²) in [5, 5.41) is 13.1. The summed E-state index contributed by atoms with van der Waals surface area (Å²) in [4.78, 5) is 12.2. The van der Waals surface area contributed by atoms with Crippen molar-refractivity contribution >= 4 is 51.9 Å². The van der Waals surface area contributed by atoms with E-state index in [1.54, 1.807) is 10.9 Å². The molecule has 0 aliphatic carbocycles. The zero-order valence-corrected chi connectivity index (χ0v) is 21.5. The van der Waals surface area contributed by atoms with Gasteiger partial charge in [-0.15, -0.1) is 18.3 Å². The highest BCUT2D eigenvalue weighted by atomic mass is 32.2. The number of amides is 2. The minimum Gasteiger partial charge on any atom is -0.406 e. The SMILES string of the molecule is Cc1cccc(C)c1NC(=O)NS/N=C/c1ccc2c(ccc3c2nnn3-c2ccc(OC(F)(F)F)cc2)c1. The lowest BCUT2D eigenvalue weighted by atomic mass is 10.1. The Morgan fingerprint density at radius 2 is 1.77 bits per heavy atom. The van der Waals surface area contributed by atoms with Crippen molar-refractivity contribution < 1.29 is 22.7 Å². The minimum atomic E-state index is -4.76. The fourth-order valence-corrected chi connectivity index (χ4v) is 4.46. The highest BCUT2D eigenvalue weighted by Gasteiger charge is 2.31. The van der Waals surface area contributed by atoms with Crippen LogP contribution in [-0.2, 0) is 0 Å². The van der Waals surface area contributed by atoms with Gasteiger partial charge < -0.3 is 10.1 Å². The predicted octanol–water partition coefficient (Wildman–Crippen LogP) is 6.89. The molecule has 0 unspecified atom stereocenters. The van der Waals surface area contributed by atoms with Crippen molar-refractivity contribution in [1.29, 1.82) is 0 Å². The van der Waals surface area contributed by atoms with Crippen molar-refractivity contribution in [3.63, 3.8) is 0 Å². The summed E-state index contributed by atoms with van der Waals surface area (Å²) in [5.41, 5.74) is 5.41. The number of hydrogen-bond donors (Lipinski definition) is 2. The van der Waals surface area contributed by atoms with Gasteiger partial charge in [-0.1, -0.05) is 41.6 Å². The predicted molar refractivity (Wildman–Crippen MR) is 146 cm³/mol. The summed E-state index contributed by atoms with van der Waals surface area (Å²) in [5.74, 6) is -0.314. The molecule has 5 aromatic rings. The van der Waals surface area contributed by atoms with E-state index in [-0.39, 0.29) is 11.8 Å². The molecule has 0 saturated heterocycles. The average molecular weight is 551 g/mol. The van der Waals surface area contributed by atoms with Gasteiger partial charge in [0.15, 0.2) is 0 Å². The van der Waals surface area contributed by atoms with E-state index < -0.39 is 6.36 Å². The van der Waals surface area contributed by atoms with Crippen LogP contribution in [0.1, 0.15) is 16.7 Å². The molecule has 1 heterocycles. The molecule has 5 rings (SSSR count). The average Bonchev–Trinajstić information content (AvgIpc) is 3.33. The fourth-order valence-electron chi connectivity index (χ4n) is 4.10. The van der Waals surface area contributed by atoms with Crippen molar-refractivity contribution in [3.05, 3.63) is 89.5 Å². The summed E-state index contributed by atoms with van der Waals surface area (Å²) in [6, 6.07) is 20.3. The van der Waals surface area contributed by atoms with Gasteiger partial charge in [0.2, 0.25) is 0 Å². The van der Waals surface area contributed by atoms with Crippen molar-refractivity contribution in [2.45, 2.75) is 20.2 Å². The molecule has 2 amide bonds. The van der Waals surface area contributed by atoms with Gasteiger partial charge in [0.25, 0.3) is 0 Å².